The number of carbonyl (C=O) groups excluding carboxylic acids is 1. The van der Waals surface area contributed by atoms with Crippen LogP contribution < -0.4 is 10.2 Å². The predicted molar refractivity (Wildman–Crippen MR) is 76.6 cm³/mol. The van der Waals surface area contributed by atoms with Gasteiger partial charge in [0.05, 0.1) is 11.3 Å². The number of hydrogen-bond acceptors (Lipinski definition) is 3. The molecule has 2 aliphatic rings. The zero-order valence-electron chi connectivity index (χ0n) is 10.4. The van der Waals surface area contributed by atoms with Crippen molar-refractivity contribution in [3.63, 3.8) is 0 Å². The van der Waals surface area contributed by atoms with Crippen LogP contribution in [-0.2, 0) is 6.42 Å². The van der Waals surface area contributed by atoms with Gasteiger partial charge in [-0.3, -0.25) is 4.79 Å². The lowest BCUT2D eigenvalue weighted by Gasteiger charge is -2.42. The van der Waals surface area contributed by atoms with Gasteiger partial charge >= 0.3 is 0 Å². The monoisotopic (exact) mass is 270 g/mol. The Morgan fingerprint density at radius 1 is 1.32 bits per heavy atom. The van der Waals surface area contributed by atoms with Crippen LogP contribution in [0.15, 0.2) is 35.0 Å². The lowest BCUT2D eigenvalue weighted by atomic mass is 9.94. The molecule has 0 radical (unpaired) electrons. The summed E-state index contributed by atoms with van der Waals surface area (Å²) in [6, 6.07) is 8.16. The van der Waals surface area contributed by atoms with Crippen LogP contribution in [0.2, 0.25) is 0 Å². The summed E-state index contributed by atoms with van der Waals surface area (Å²) in [7, 11) is 0. The number of nitrogens with one attached hydrogen (secondary N) is 1. The zero-order valence-corrected chi connectivity index (χ0v) is 11.2. The van der Waals surface area contributed by atoms with E-state index in [1.165, 1.54) is 11.1 Å². The lowest BCUT2D eigenvalue weighted by Crippen LogP contribution is -2.48. The molecule has 0 saturated heterocycles. The Morgan fingerprint density at radius 3 is 3.11 bits per heavy atom. The molecular weight excluding hydrogens is 256 g/mol. The van der Waals surface area contributed by atoms with Gasteiger partial charge in [0.25, 0.3) is 5.91 Å². The molecule has 0 saturated carbocycles. The number of rotatable bonds is 1. The molecule has 4 heteroatoms. The topological polar surface area (TPSA) is 32.3 Å². The minimum absolute atomic E-state index is 0.00676. The summed E-state index contributed by atoms with van der Waals surface area (Å²) < 4.78 is 0. The van der Waals surface area contributed by atoms with Gasteiger partial charge in [-0.25, -0.2) is 0 Å². The Morgan fingerprint density at radius 2 is 2.26 bits per heavy atom. The highest BCUT2D eigenvalue weighted by atomic mass is 32.1. The second-order valence-corrected chi connectivity index (χ2v) is 5.82. The first-order valence-electron chi connectivity index (χ1n) is 6.56. The molecule has 1 N–H and O–H groups in total. The van der Waals surface area contributed by atoms with Crippen molar-refractivity contribution in [2.75, 3.05) is 11.4 Å². The van der Waals surface area contributed by atoms with Crippen LogP contribution in [0.4, 0.5) is 5.69 Å². The first kappa shape index (κ1) is 11.1. The SMILES string of the molecule is O=C1N[C@@H](c2ccsc2)N2CCCc3cccc1c32. The zero-order chi connectivity index (χ0) is 12.8. The summed E-state index contributed by atoms with van der Waals surface area (Å²) in [5, 5.41) is 7.31. The summed E-state index contributed by atoms with van der Waals surface area (Å²) in [5.41, 5.74) is 4.46. The Balaban J connectivity index is 1.89. The van der Waals surface area contributed by atoms with Crippen LogP contribution in [0.3, 0.4) is 0 Å². The molecule has 4 rings (SSSR count). The number of thiophene rings is 1. The Labute approximate surface area is 115 Å². The maximum absolute atomic E-state index is 12.3. The van der Waals surface area contributed by atoms with E-state index in [1.54, 1.807) is 11.3 Å². The van der Waals surface area contributed by atoms with Gasteiger partial charge in [-0.05, 0) is 41.3 Å². The highest BCUT2D eigenvalue weighted by Crippen LogP contribution is 2.39. The largest absolute Gasteiger partial charge is 0.347 e. The molecule has 2 aromatic rings. The van der Waals surface area contributed by atoms with E-state index in [9.17, 15) is 4.79 Å². The number of para-hydroxylation sites is 1. The normalized spacial score (nSPS) is 20.9. The van der Waals surface area contributed by atoms with Crippen molar-refractivity contribution < 1.29 is 4.79 Å². The number of anilines is 1. The number of hydrogen-bond donors (Lipinski definition) is 1. The average molecular weight is 270 g/mol. The van der Waals surface area contributed by atoms with E-state index in [4.69, 9.17) is 0 Å². The predicted octanol–water partition coefficient (Wildman–Crippen LogP) is 2.94. The van der Waals surface area contributed by atoms with Crippen molar-refractivity contribution >= 4 is 22.9 Å². The van der Waals surface area contributed by atoms with Crippen LogP contribution in [0, 0.1) is 0 Å². The first-order valence-corrected chi connectivity index (χ1v) is 7.50. The molecule has 0 unspecified atom stereocenters. The van der Waals surface area contributed by atoms with Gasteiger partial charge in [0.2, 0.25) is 0 Å². The van der Waals surface area contributed by atoms with E-state index in [2.05, 4.69) is 33.1 Å². The van der Waals surface area contributed by atoms with Crippen molar-refractivity contribution in [3.05, 3.63) is 51.7 Å². The highest BCUT2D eigenvalue weighted by Gasteiger charge is 2.34. The molecule has 0 spiro atoms. The minimum atomic E-state index is -0.00676. The molecule has 1 aromatic carbocycles. The van der Waals surface area contributed by atoms with E-state index >= 15 is 0 Å². The smallest absolute Gasteiger partial charge is 0.255 e. The van der Waals surface area contributed by atoms with Gasteiger partial charge in [0, 0.05) is 12.1 Å². The summed E-state index contributed by atoms with van der Waals surface area (Å²) in [4.78, 5) is 14.6. The molecule has 2 aliphatic heterocycles. The van der Waals surface area contributed by atoms with Gasteiger partial charge in [-0.2, -0.15) is 11.3 Å². The third-order valence-corrected chi connectivity index (χ3v) is 4.64. The van der Waals surface area contributed by atoms with Crippen molar-refractivity contribution in [1.82, 2.24) is 5.32 Å². The quantitative estimate of drug-likeness (QED) is 0.864. The summed E-state index contributed by atoms with van der Waals surface area (Å²) in [6.45, 7) is 1.00. The van der Waals surface area contributed by atoms with E-state index < -0.39 is 0 Å². The van der Waals surface area contributed by atoms with Crippen LogP contribution in [0.5, 0.6) is 0 Å². The van der Waals surface area contributed by atoms with Crippen LogP contribution in [-0.4, -0.2) is 12.5 Å². The molecule has 0 fully saturated rings. The maximum atomic E-state index is 12.3. The lowest BCUT2D eigenvalue weighted by molar-refractivity contribution is 0.0925. The van der Waals surface area contributed by atoms with Gasteiger partial charge < -0.3 is 10.2 Å². The first-order chi connectivity index (χ1) is 9.34. The van der Waals surface area contributed by atoms with Gasteiger partial charge in [0.1, 0.15) is 6.17 Å². The third kappa shape index (κ3) is 1.60. The van der Waals surface area contributed by atoms with Gasteiger partial charge in [-0.15, -0.1) is 0 Å². The van der Waals surface area contributed by atoms with E-state index in [-0.39, 0.29) is 12.1 Å². The fourth-order valence-corrected chi connectivity index (χ4v) is 3.78. The molecule has 1 amide bonds. The van der Waals surface area contributed by atoms with Crippen molar-refractivity contribution in [1.29, 1.82) is 0 Å². The highest BCUT2D eigenvalue weighted by molar-refractivity contribution is 7.08. The molecule has 3 nitrogen and oxygen atoms in total. The van der Waals surface area contributed by atoms with Gasteiger partial charge in [0.15, 0.2) is 0 Å². The molecule has 19 heavy (non-hydrogen) atoms. The molecule has 1 atom stereocenters. The number of carbonyl (C=O) groups is 1. The summed E-state index contributed by atoms with van der Waals surface area (Å²) in [5.74, 6) is 0.0474. The van der Waals surface area contributed by atoms with Crippen LogP contribution in [0.1, 0.15) is 34.1 Å². The molecule has 0 aliphatic carbocycles. The Bertz CT molecular complexity index is 636. The number of benzene rings is 1. The van der Waals surface area contributed by atoms with Crippen molar-refractivity contribution in [2.45, 2.75) is 19.0 Å². The van der Waals surface area contributed by atoms with E-state index in [0.29, 0.717) is 0 Å². The molecule has 3 heterocycles. The summed E-state index contributed by atoms with van der Waals surface area (Å²) in [6.07, 6.45) is 2.21. The van der Waals surface area contributed by atoms with Gasteiger partial charge in [-0.1, -0.05) is 12.1 Å². The summed E-state index contributed by atoms with van der Waals surface area (Å²) >= 11 is 1.67. The molecule has 1 aromatic heterocycles. The molecular formula is C15H14N2OS. The standard InChI is InChI=1S/C15H14N2OS/c18-15-12-5-1-3-10-4-2-7-17(13(10)12)14(16-15)11-6-8-19-9-11/h1,3,5-6,8-9,14H,2,4,7H2,(H,16,18)/t14-/m1/s1. The van der Waals surface area contributed by atoms with Crippen molar-refractivity contribution in [2.24, 2.45) is 0 Å². The molecule has 0 bridgehead atoms. The Kier molecular flexibility index (Phi) is 2.38. The van der Waals surface area contributed by atoms with Crippen molar-refractivity contribution in [3.8, 4) is 0 Å². The average Bonchev–Trinajstić information content (AvgIpc) is 2.97. The second-order valence-electron chi connectivity index (χ2n) is 5.04. The fourth-order valence-electron chi connectivity index (χ4n) is 3.10. The second kappa shape index (κ2) is 4.10. The van der Waals surface area contributed by atoms with Crippen LogP contribution >= 0.6 is 11.3 Å². The number of nitrogens with zero attached hydrogens (tertiary/aromatic N) is 1. The minimum Gasteiger partial charge on any atom is -0.347 e. The fraction of sp³-hybridized carbons (Fsp3) is 0.267. The third-order valence-electron chi connectivity index (χ3n) is 3.93. The van der Waals surface area contributed by atoms with E-state index in [1.807, 2.05) is 12.1 Å². The molecule has 96 valence electrons. The number of aryl methyl sites for hydroxylation is 1. The Hall–Kier alpha value is -1.81. The van der Waals surface area contributed by atoms with E-state index in [0.717, 1.165) is 30.6 Å². The maximum Gasteiger partial charge on any atom is 0.255 e. The number of amides is 1. The van der Waals surface area contributed by atoms with Crippen LogP contribution in [0.25, 0.3) is 0 Å².